The van der Waals surface area contributed by atoms with E-state index >= 15 is 0 Å². The van der Waals surface area contributed by atoms with Crippen molar-refractivity contribution in [2.24, 2.45) is 0 Å². The topological polar surface area (TPSA) is 29.1 Å². The molecule has 0 unspecified atom stereocenters. The minimum Gasteiger partial charge on any atom is -0.348 e. The summed E-state index contributed by atoms with van der Waals surface area (Å²) in [6.45, 7) is 6.88. The van der Waals surface area contributed by atoms with Gasteiger partial charge in [-0.3, -0.25) is 4.79 Å². The van der Waals surface area contributed by atoms with Gasteiger partial charge < -0.3 is 5.32 Å². The first-order chi connectivity index (χ1) is 9.88. The molecule has 2 rings (SSSR count). The molecule has 0 heterocycles. The van der Waals surface area contributed by atoms with Gasteiger partial charge in [0.2, 0.25) is 0 Å². The molecule has 0 radical (unpaired) electrons. The van der Waals surface area contributed by atoms with Crippen LogP contribution < -0.4 is 5.32 Å². The minimum atomic E-state index is -0.0519. The lowest BCUT2D eigenvalue weighted by Gasteiger charge is -2.22. The van der Waals surface area contributed by atoms with Crippen molar-refractivity contribution in [2.45, 2.75) is 32.7 Å². The van der Waals surface area contributed by atoms with Crippen LogP contribution in [0.25, 0.3) is 0 Å². The molecule has 2 aromatic rings. The molecule has 0 saturated heterocycles. The van der Waals surface area contributed by atoms with Crippen molar-refractivity contribution < 1.29 is 4.79 Å². The summed E-state index contributed by atoms with van der Waals surface area (Å²) in [4.78, 5) is 12.4. The molecule has 2 aromatic carbocycles. The second-order valence-electron chi connectivity index (χ2n) is 6.11. The molecule has 0 aliphatic heterocycles. The fraction of sp³-hybridized carbons (Fsp3) is 0.278. The molecule has 2 nitrogen and oxygen atoms in total. The molecule has 21 heavy (non-hydrogen) atoms. The van der Waals surface area contributed by atoms with Gasteiger partial charge in [-0.1, -0.05) is 67.0 Å². The van der Waals surface area contributed by atoms with Gasteiger partial charge in [-0.05, 0) is 34.7 Å². The Morgan fingerprint density at radius 2 is 1.81 bits per heavy atom. The zero-order valence-electron chi connectivity index (χ0n) is 12.6. The lowest BCUT2D eigenvalue weighted by Crippen LogP contribution is -2.26. The predicted molar refractivity (Wildman–Crippen MR) is 90.5 cm³/mol. The largest absolute Gasteiger partial charge is 0.348 e. The van der Waals surface area contributed by atoms with Gasteiger partial charge in [-0.2, -0.15) is 0 Å². The summed E-state index contributed by atoms with van der Waals surface area (Å²) in [5.74, 6) is -0.0273. The monoisotopic (exact) mass is 345 g/mol. The molecule has 3 heteroatoms. The highest BCUT2D eigenvalue weighted by Crippen LogP contribution is 2.25. The Morgan fingerprint density at radius 3 is 2.48 bits per heavy atom. The Labute approximate surface area is 134 Å². The summed E-state index contributed by atoms with van der Waals surface area (Å²) in [6, 6.07) is 15.7. The second-order valence-corrected chi connectivity index (χ2v) is 7.02. The zero-order chi connectivity index (χ0) is 15.5. The number of hydrogen-bond acceptors (Lipinski definition) is 1. The molecule has 1 N–H and O–H groups in total. The average Bonchev–Trinajstić information content (AvgIpc) is 2.44. The molecule has 0 aliphatic rings. The Kier molecular flexibility index (Phi) is 4.84. The number of halogens is 1. The summed E-state index contributed by atoms with van der Waals surface area (Å²) in [5.41, 5.74) is 2.84. The highest BCUT2D eigenvalue weighted by molar-refractivity contribution is 9.10. The maximum Gasteiger partial charge on any atom is 0.251 e. The van der Waals surface area contributed by atoms with Crippen LogP contribution in [0, 0.1) is 0 Å². The van der Waals surface area contributed by atoms with Crippen molar-refractivity contribution in [3.05, 3.63) is 69.7 Å². The van der Waals surface area contributed by atoms with Gasteiger partial charge in [0.1, 0.15) is 0 Å². The quantitative estimate of drug-likeness (QED) is 0.859. The van der Waals surface area contributed by atoms with E-state index in [2.05, 4.69) is 42.0 Å². The molecule has 0 fully saturated rings. The van der Waals surface area contributed by atoms with Crippen molar-refractivity contribution in [1.82, 2.24) is 5.32 Å². The van der Waals surface area contributed by atoms with Gasteiger partial charge in [0.25, 0.3) is 5.91 Å². The number of amides is 1. The van der Waals surface area contributed by atoms with Gasteiger partial charge in [0, 0.05) is 16.6 Å². The van der Waals surface area contributed by atoms with Gasteiger partial charge in [-0.15, -0.1) is 0 Å². The maximum absolute atomic E-state index is 12.4. The normalized spacial score (nSPS) is 11.2. The molecule has 0 aliphatic carbocycles. The predicted octanol–water partition coefficient (Wildman–Crippen LogP) is 4.68. The number of carbonyl (C=O) groups is 1. The van der Waals surface area contributed by atoms with E-state index < -0.39 is 0 Å². The first-order valence-corrected chi connectivity index (χ1v) is 7.79. The average molecular weight is 346 g/mol. The maximum atomic E-state index is 12.4. The Balaban J connectivity index is 2.14. The Bertz CT molecular complexity index is 644. The minimum absolute atomic E-state index is 0.0273. The van der Waals surface area contributed by atoms with E-state index in [0.717, 1.165) is 21.2 Å². The van der Waals surface area contributed by atoms with E-state index in [1.807, 2.05) is 48.5 Å². The molecule has 0 spiro atoms. The third kappa shape index (κ3) is 4.18. The van der Waals surface area contributed by atoms with E-state index in [4.69, 9.17) is 0 Å². The fourth-order valence-electron chi connectivity index (χ4n) is 2.26. The highest BCUT2D eigenvalue weighted by Gasteiger charge is 2.20. The SMILES string of the molecule is CC(C)(C)c1ccccc1C(=O)NCc1cccc(Br)c1. The lowest BCUT2D eigenvalue weighted by atomic mass is 9.83. The van der Waals surface area contributed by atoms with Crippen LogP contribution in [0.3, 0.4) is 0 Å². The van der Waals surface area contributed by atoms with Crippen LogP contribution in [-0.2, 0) is 12.0 Å². The molecule has 110 valence electrons. The first-order valence-electron chi connectivity index (χ1n) is 7.00. The first kappa shape index (κ1) is 15.8. The molecule has 0 bridgehead atoms. The Morgan fingerprint density at radius 1 is 1.10 bits per heavy atom. The van der Waals surface area contributed by atoms with Crippen LogP contribution in [0.15, 0.2) is 53.0 Å². The van der Waals surface area contributed by atoms with Crippen LogP contribution in [0.2, 0.25) is 0 Å². The van der Waals surface area contributed by atoms with Crippen molar-refractivity contribution >= 4 is 21.8 Å². The molecular weight excluding hydrogens is 326 g/mol. The van der Waals surface area contributed by atoms with Gasteiger partial charge in [0.05, 0.1) is 0 Å². The van der Waals surface area contributed by atoms with Crippen molar-refractivity contribution in [1.29, 1.82) is 0 Å². The summed E-state index contributed by atoms with van der Waals surface area (Å²) >= 11 is 3.44. The smallest absolute Gasteiger partial charge is 0.251 e. The fourth-order valence-corrected chi connectivity index (χ4v) is 2.71. The lowest BCUT2D eigenvalue weighted by molar-refractivity contribution is 0.0948. The van der Waals surface area contributed by atoms with Crippen LogP contribution in [0.1, 0.15) is 42.3 Å². The number of hydrogen-bond donors (Lipinski definition) is 1. The van der Waals surface area contributed by atoms with Gasteiger partial charge in [0.15, 0.2) is 0 Å². The highest BCUT2D eigenvalue weighted by atomic mass is 79.9. The van der Waals surface area contributed by atoms with Crippen molar-refractivity contribution in [3.8, 4) is 0 Å². The molecule has 1 amide bonds. The third-order valence-corrected chi connectivity index (χ3v) is 3.82. The van der Waals surface area contributed by atoms with Crippen LogP contribution in [0.5, 0.6) is 0 Å². The van der Waals surface area contributed by atoms with Crippen molar-refractivity contribution in [2.75, 3.05) is 0 Å². The summed E-state index contributed by atoms with van der Waals surface area (Å²) in [7, 11) is 0. The molecule has 0 atom stereocenters. The third-order valence-electron chi connectivity index (χ3n) is 3.32. The summed E-state index contributed by atoms with van der Waals surface area (Å²) < 4.78 is 1.02. The number of benzene rings is 2. The van der Waals surface area contributed by atoms with Crippen LogP contribution in [0.4, 0.5) is 0 Å². The molecule has 0 aromatic heterocycles. The molecular formula is C18H20BrNO. The Hall–Kier alpha value is -1.61. The standard InChI is InChI=1S/C18H20BrNO/c1-18(2,3)16-10-5-4-9-15(16)17(21)20-12-13-7-6-8-14(19)11-13/h4-11H,12H2,1-3H3,(H,20,21). The summed E-state index contributed by atoms with van der Waals surface area (Å²) in [5, 5.41) is 3.00. The number of carbonyl (C=O) groups excluding carboxylic acids is 1. The van der Waals surface area contributed by atoms with Gasteiger partial charge >= 0.3 is 0 Å². The van der Waals surface area contributed by atoms with Crippen molar-refractivity contribution in [3.63, 3.8) is 0 Å². The van der Waals surface area contributed by atoms with E-state index in [0.29, 0.717) is 6.54 Å². The summed E-state index contributed by atoms with van der Waals surface area (Å²) in [6.07, 6.45) is 0. The van der Waals surface area contributed by atoms with E-state index in [1.165, 1.54) is 0 Å². The zero-order valence-corrected chi connectivity index (χ0v) is 14.2. The second kappa shape index (κ2) is 6.44. The van der Waals surface area contributed by atoms with E-state index in [-0.39, 0.29) is 11.3 Å². The van der Waals surface area contributed by atoms with Crippen LogP contribution in [-0.4, -0.2) is 5.91 Å². The van der Waals surface area contributed by atoms with Crippen LogP contribution >= 0.6 is 15.9 Å². The molecule has 0 saturated carbocycles. The number of rotatable bonds is 3. The number of nitrogens with one attached hydrogen (secondary N) is 1. The van der Waals surface area contributed by atoms with E-state index in [1.54, 1.807) is 0 Å². The van der Waals surface area contributed by atoms with Gasteiger partial charge in [-0.25, -0.2) is 0 Å². The van der Waals surface area contributed by atoms with E-state index in [9.17, 15) is 4.79 Å².